The highest BCUT2D eigenvalue weighted by atomic mass is 28.4. The van der Waals surface area contributed by atoms with Gasteiger partial charge in [0.1, 0.15) is 18.0 Å². The molecule has 2 aromatic carbocycles. The van der Waals surface area contributed by atoms with Crippen molar-refractivity contribution in [3.05, 3.63) is 65.7 Å². The molecule has 0 amide bonds. The third-order valence-electron chi connectivity index (χ3n) is 7.87. The first-order chi connectivity index (χ1) is 19.2. The lowest BCUT2D eigenvalue weighted by Crippen LogP contribution is -2.59. The Morgan fingerprint density at radius 2 is 1.44 bits per heavy atom. The van der Waals surface area contributed by atoms with E-state index in [0.717, 1.165) is 22.9 Å². The van der Waals surface area contributed by atoms with Gasteiger partial charge in [0.25, 0.3) is 0 Å². The number of hydrogen-bond donors (Lipinski definition) is 0. The lowest BCUT2D eigenvalue weighted by Gasteiger charge is -2.42. The first-order valence-electron chi connectivity index (χ1n) is 14.5. The van der Waals surface area contributed by atoms with Gasteiger partial charge < -0.3 is 28.1 Å². The summed E-state index contributed by atoms with van der Waals surface area (Å²) in [5.74, 6) is 0.582. The zero-order valence-electron chi connectivity index (χ0n) is 26.4. The number of Topliss-reactive ketones (excluding diaryl/α,β-unsaturated/α-hetero) is 1. The number of benzene rings is 2. The molecule has 0 unspecified atom stereocenters. The second kappa shape index (κ2) is 14.5. The molecule has 2 aromatic rings. The molecule has 9 heteroatoms. The molecular formula is C32H50O7Si2. The van der Waals surface area contributed by atoms with Gasteiger partial charge in [-0.15, -0.1) is 0 Å². The second-order valence-corrected chi connectivity index (χ2v) is 23.9. The van der Waals surface area contributed by atoms with E-state index in [9.17, 15) is 4.79 Å². The van der Waals surface area contributed by atoms with Crippen LogP contribution in [0.3, 0.4) is 0 Å². The zero-order chi connectivity index (χ0) is 30.3. The Hall–Kier alpha value is -1.86. The molecule has 7 nitrogen and oxygen atoms in total. The Morgan fingerprint density at radius 1 is 0.829 bits per heavy atom. The number of ether oxygens (including phenoxy) is 5. The van der Waals surface area contributed by atoms with Crippen LogP contribution in [0.2, 0.25) is 43.8 Å². The third kappa shape index (κ3) is 10.1. The van der Waals surface area contributed by atoms with Gasteiger partial charge in [0, 0.05) is 14.7 Å². The summed E-state index contributed by atoms with van der Waals surface area (Å²) < 4.78 is 37.2. The fourth-order valence-electron chi connectivity index (χ4n) is 4.05. The molecule has 0 aromatic heterocycles. The Labute approximate surface area is 249 Å². The van der Waals surface area contributed by atoms with Gasteiger partial charge in [-0.1, -0.05) is 82.9 Å². The van der Waals surface area contributed by atoms with Crippen LogP contribution in [0.5, 0.6) is 5.75 Å². The zero-order valence-corrected chi connectivity index (χ0v) is 28.4. The van der Waals surface area contributed by atoms with Crippen LogP contribution in [0.4, 0.5) is 0 Å². The molecule has 3 rings (SSSR count). The minimum Gasteiger partial charge on any atom is -0.497 e. The van der Waals surface area contributed by atoms with Crippen molar-refractivity contribution < 1.29 is 32.9 Å². The van der Waals surface area contributed by atoms with Crippen molar-refractivity contribution in [1.29, 1.82) is 0 Å². The van der Waals surface area contributed by atoms with Crippen molar-refractivity contribution in [2.75, 3.05) is 20.3 Å². The van der Waals surface area contributed by atoms with Crippen LogP contribution in [0.15, 0.2) is 54.6 Å². The Bertz CT molecular complexity index is 1080. The topological polar surface area (TPSA) is 72.5 Å². The molecule has 0 N–H and O–H groups in total. The van der Waals surface area contributed by atoms with Gasteiger partial charge in [-0.25, -0.2) is 0 Å². The van der Waals surface area contributed by atoms with Crippen LogP contribution >= 0.6 is 0 Å². The van der Waals surface area contributed by atoms with Crippen molar-refractivity contribution in [2.45, 2.75) is 102 Å². The highest BCUT2D eigenvalue weighted by molar-refractivity contribution is 6.76. The van der Waals surface area contributed by atoms with E-state index in [1.807, 2.05) is 54.6 Å². The Kier molecular flexibility index (Phi) is 11.9. The predicted octanol–water partition coefficient (Wildman–Crippen LogP) is 6.84. The van der Waals surface area contributed by atoms with E-state index < -0.39 is 41.0 Å². The van der Waals surface area contributed by atoms with Gasteiger partial charge >= 0.3 is 0 Å². The predicted molar refractivity (Wildman–Crippen MR) is 168 cm³/mol. The van der Waals surface area contributed by atoms with Gasteiger partial charge in [-0.2, -0.15) is 0 Å². The van der Waals surface area contributed by atoms with Gasteiger partial charge in [0.15, 0.2) is 26.5 Å². The van der Waals surface area contributed by atoms with Crippen molar-refractivity contribution in [2.24, 2.45) is 0 Å². The van der Waals surface area contributed by atoms with Crippen LogP contribution in [-0.2, 0) is 41.4 Å². The fourth-order valence-corrected chi connectivity index (χ4v) is 5.78. The summed E-state index contributed by atoms with van der Waals surface area (Å²) in [6.07, 6.45) is -3.17. The van der Waals surface area contributed by atoms with E-state index in [2.05, 4.69) is 53.5 Å². The molecule has 0 aliphatic carbocycles. The second-order valence-electron chi connectivity index (χ2n) is 13.5. The largest absolute Gasteiger partial charge is 0.497 e. The van der Waals surface area contributed by atoms with Crippen LogP contribution in [0.1, 0.15) is 31.9 Å². The van der Waals surface area contributed by atoms with Crippen molar-refractivity contribution in [3.8, 4) is 5.75 Å². The number of methoxy groups -OCH3 is 1. The summed E-state index contributed by atoms with van der Waals surface area (Å²) in [7, 11) is -1.85. The van der Waals surface area contributed by atoms with E-state index in [-0.39, 0.29) is 24.0 Å². The van der Waals surface area contributed by atoms with E-state index in [1.165, 1.54) is 0 Å². The molecule has 1 aliphatic rings. The number of rotatable bonds is 14. The van der Waals surface area contributed by atoms with Crippen LogP contribution in [0.25, 0.3) is 0 Å². The van der Waals surface area contributed by atoms with E-state index in [1.54, 1.807) is 7.11 Å². The lowest BCUT2D eigenvalue weighted by atomic mass is 10.00. The van der Waals surface area contributed by atoms with E-state index >= 15 is 0 Å². The maximum Gasteiger partial charge on any atom is 0.195 e. The van der Waals surface area contributed by atoms with Crippen molar-refractivity contribution >= 4 is 22.2 Å². The summed E-state index contributed by atoms with van der Waals surface area (Å²) in [5, 5.41) is 0.00352. The number of carbonyl (C=O) groups is 1. The van der Waals surface area contributed by atoms with E-state index in [4.69, 9.17) is 28.1 Å². The van der Waals surface area contributed by atoms with Gasteiger partial charge in [0.05, 0.1) is 26.9 Å². The molecule has 1 heterocycles. The molecule has 4 atom stereocenters. The lowest BCUT2D eigenvalue weighted by molar-refractivity contribution is -0.273. The summed E-state index contributed by atoms with van der Waals surface area (Å²) in [4.78, 5) is 14.0. The average molecular weight is 603 g/mol. The van der Waals surface area contributed by atoms with Crippen LogP contribution in [0, 0.1) is 0 Å². The summed E-state index contributed by atoms with van der Waals surface area (Å²) in [5.41, 5.74) is 1.93. The first-order valence-corrected chi connectivity index (χ1v) is 21.2. The molecule has 0 bridgehead atoms. The maximum atomic E-state index is 14.0. The van der Waals surface area contributed by atoms with Crippen LogP contribution in [-0.4, -0.2) is 67.1 Å². The van der Waals surface area contributed by atoms with Crippen LogP contribution < -0.4 is 4.74 Å². The number of carbonyl (C=O) groups excluding carboxylic acids is 1. The molecule has 0 radical (unpaired) electrons. The number of hydrogen-bond acceptors (Lipinski definition) is 7. The monoisotopic (exact) mass is 602 g/mol. The standard InChI is InChI=1S/C32H50O7Si2/c1-32(2,3)41(8,9)38-23-27-28(33)29(36-22-25-15-17-26(34-4)18-16-25)30(37-21-24-13-11-10-12-14-24)31(39-27)35-19-20-40(5,6)7/h10-18,27,29-31H,19-23H2,1-9H3/t27-,29+,30-,31-/m1/s1. The summed E-state index contributed by atoms with van der Waals surface area (Å²) in [6.45, 7) is 19.0. The fraction of sp³-hybridized carbons (Fsp3) is 0.594. The molecule has 0 spiro atoms. The Morgan fingerprint density at radius 3 is 2.02 bits per heavy atom. The summed E-state index contributed by atoms with van der Waals surface area (Å²) in [6, 6.07) is 18.5. The maximum absolute atomic E-state index is 14.0. The minimum absolute atomic E-state index is 0.00352. The molecule has 228 valence electrons. The first kappa shape index (κ1) is 33.6. The van der Waals surface area contributed by atoms with E-state index in [0.29, 0.717) is 13.2 Å². The third-order valence-corrected chi connectivity index (χ3v) is 14.1. The summed E-state index contributed by atoms with van der Waals surface area (Å²) >= 11 is 0. The molecule has 1 fully saturated rings. The van der Waals surface area contributed by atoms with Gasteiger partial charge in [-0.3, -0.25) is 4.79 Å². The molecule has 1 aliphatic heterocycles. The van der Waals surface area contributed by atoms with Crippen molar-refractivity contribution in [1.82, 2.24) is 0 Å². The van der Waals surface area contributed by atoms with Gasteiger partial charge in [-0.05, 0) is 47.4 Å². The average Bonchev–Trinajstić information content (AvgIpc) is 2.91. The minimum atomic E-state index is -2.12. The molecule has 0 saturated carbocycles. The van der Waals surface area contributed by atoms with Crippen molar-refractivity contribution in [3.63, 3.8) is 0 Å². The van der Waals surface area contributed by atoms with Gasteiger partial charge in [0.2, 0.25) is 0 Å². The quantitative estimate of drug-likeness (QED) is 0.219. The molecular weight excluding hydrogens is 553 g/mol. The molecule has 1 saturated heterocycles. The number of ketones is 1. The SMILES string of the molecule is COc1ccc(CO[C@H]2C(=O)[C@@H](CO[Si](C)(C)C(C)(C)C)O[C@@H](OCC[Si](C)(C)C)[C@@H]2OCc2ccccc2)cc1. The normalized spacial score (nSPS) is 22.1. The highest BCUT2D eigenvalue weighted by Crippen LogP contribution is 2.37. The smallest absolute Gasteiger partial charge is 0.195 e. The highest BCUT2D eigenvalue weighted by Gasteiger charge is 2.48. The molecule has 41 heavy (non-hydrogen) atoms. The Balaban J connectivity index is 1.86.